The van der Waals surface area contributed by atoms with Gasteiger partial charge in [-0.1, -0.05) is 49.2 Å². The number of rotatable bonds is 5. The Morgan fingerprint density at radius 3 is 2.38 bits per heavy atom. The summed E-state index contributed by atoms with van der Waals surface area (Å²) in [7, 11) is 0. The van der Waals surface area contributed by atoms with E-state index >= 15 is 0 Å². The molecule has 0 spiro atoms. The topological polar surface area (TPSA) is 32.5 Å². The van der Waals surface area contributed by atoms with Crippen molar-refractivity contribution in [1.82, 2.24) is 9.80 Å². The van der Waals surface area contributed by atoms with Gasteiger partial charge in [-0.15, -0.1) is 0 Å². The molecule has 1 unspecified atom stereocenters. The molecule has 0 aliphatic carbocycles. The zero-order valence-corrected chi connectivity index (χ0v) is 14.4. The number of hydrogen-bond donors (Lipinski definition) is 1. The molecular formula is C16H25Cl2N3. The Morgan fingerprint density at radius 2 is 1.81 bits per heavy atom. The van der Waals surface area contributed by atoms with Gasteiger partial charge in [0.25, 0.3) is 0 Å². The number of halogens is 2. The lowest BCUT2D eigenvalue weighted by Crippen LogP contribution is -2.49. The molecule has 3 nitrogen and oxygen atoms in total. The van der Waals surface area contributed by atoms with Gasteiger partial charge in [-0.25, -0.2) is 0 Å². The number of hydrogen-bond acceptors (Lipinski definition) is 3. The van der Waals surface area contributed by atoms with Crippen molar-refractivity contribution in [3.63, 3.8) is 0 Å². The van der Waals surface area contributed by atoms with E-state index in [1.54, 1.807) is 0 Å². The summed E-state index contributed by atoms with van der Waals surface area (Å²) in [5, 5.41) is 1.24. The predicted molar refractivity (Wildman–Crippen MR) is 91.1 cm³/mol. The van der Waals surface area contributed by atoms with Crippen molar-refractivity contribution in [2.75, 3.05) is 39.3 Å². The van der Waals surface area contributed by atoms with Crippen LogP contribution in [0.25, 0.3) is 0 Å². The average Bonchev–Trinajstić information content (AvgIpc) is 2.45. The van der Waals surface area contributed by atoms with E-state index in [1.165, 1.54) is 6.54 Å². The lowest BCUT2D eigenvalue weighted by atomic mass is 10.0. The van der Waals surface area contributed by atoms with Crippen molar-refractivity contribution < 1.29 is 0 Å². The third kappa shape index (κ3) is 4.33. The van der Waals surface area contributed by atoms with Crippen LogP contribution in [0.5, 0.6) is 0 Å². The van der Waals surface area contributed by atoms with Crippen LogP contribution in [0.4, 0.5) is 0 Å². The molecule has 1 saturated heterocycles. The summed E-state index contributed by atoms with van der Waals surface area (Å²) in [4.78, 5) is 4.95. The third-order valence-corrected chi connectivity index (χ3v) is 4.87. The Labute approximate surface area is 138 Å². The molecule has 118 valence electrons. The Bertz CT molecular complexity index is 457. The maximum atomic E-state index is 6.36. The molecule has 21 heavy (non-hydrogen) atoms. The molecule has 0 saturated carbocycles. The van der Waals surface area contributed by atoms with Gasteiger partial charge in [-0.05, 0) is 17.5 Å². The van der Waals surface area contributed by atoms with Gasteiger partial charge < -0.3 is 10.6 Å². The molecule has 1 fully saturated rings. The summed E-state index contributed by atoms with van der Waals surface area (Å²) in [5.74, 6) is 0.712. The van der Waals surface area contributed by atoms with Crippen LogP contribution in [-0.4, -0.2) is 49.1 Å². The minimum absolute atomic E-state index is 0.150. The quantitative estimate of drug-likeness (QED) is 0.899. The molecule has 1 aromatic carbocycles. The first kappa shape index (κ1) is 17.0. The van der Waals surface area contributed by atoms with Crippen LogP contribution in [0.3, 0.4) is 0 Å². The van der Waals surface area contributed by atoms with E-state index in [4.69, 9.17) is 28.9 Å². The second-order valence-corrected chi connectivity index (χ2v) is 6.91. The summed E-state index contributed by atoms with van der Waals surface area (Å²) in [5.41, 5.74) is 7.06. The number of benzene rings is 1. The minimum atomic E-state index is 0.150. The van der Waals surface area contributed by atoms with Crippen LogP contribution >= 0.6 is 23.2 Å². The molecule has 0 bridgehead atoms. The SMILES string of the molecule is CC(C)CN1CCN(C(CN)c2cccc(Cl)c2Cl)CC1. The van der Waals surface area contributed by atoms with E-state index in [0.29, 0.717) is 22.5 Å². The average molecular weight is 330 g/mol. The van der Waals surface area contributed by atoms with Gasteiger partial charge in [0.2, 0.25) is 0 Å². The molecule has 2 N–H and O–H groups in total. The fourth-order valence-electron chi connectivity index (χ4n) is 3.02. The number of nitrogens with two attached hydrogens (primary N) is 1. The highest BCUT2D eigenvalue weighted by Gasteiger charge is 2.26. The monoisotopic (exact) mass is 329 g/mol. The fraction of sp³-hybridized carbons (Fsp3) is 0.625. The zero-order chi connectivity index (χ0) is 15.4. The highest BCUT2D eigenvalue weighted by Crippen LogP contribution is 2.32. The standard InChI is InChI=1S/C16H25Cl2N3/c1-12(2)11-20-6-8-21(9-7-20)15(10-19)13-4-3-5-14(17)16(13)18/h3-5,12,15H,6-11,19H2,1-2H3. The first-order valence-corrected chi connectivity index (χ1v) is 8.39. The Kier molecular flexibility index (Phi) is 6.33. The highest BCUT2D eigenvalue weighted by atomic mass is 35.5. The van der Waals surface area contributed by atoms with E-state index in [9.17, 15) is 0 Å². The normalized spacial score (nSPS) is 19.1. The smallest absolute Gasteiger partial charge is 0.0640 e. The highest BCUT2D eigenvalue weighted by molar-refractivity contribution is 6.42. The van der Waals surface area contributed by atoms with Gasteiger partial charge in [-0.2, -0.15) is 0 Å². The largest absolute Gasteiger partial charge is 0.329 e. The Balaban J connectivity index is 2.04. The van der Waals surface area contributed by atoms with Crippen LogP contribution in [0.1, 0.15) is 25.5 Å². The van der Waals surface area contributed by atoms with Crippen LogP contribution in [-0.2, 0) is 0 Å². The maximum absolute atomic E-state index is 6.36. The summed E-state index contributed by atoms with van der Waals surface area (Å²) in [6.07, 6.45) is 0. The lowest BCUT2D eigenvalue weighted by molar-refractivity contribution is 0.0913. The second-order valence-electron chi connectivity index (χ2n) is 6.12. The molecule has 1 heterocycles. The predicted octanol–water partition coefficient (Wildman–Crippen LogP) is 3.27. The fourth-order valence-corrected chi connectivity index (χ4v) is 3.46. The van der Waals surface area contributed by atoms with Gasteiger partial charge in [0, 0.05) is 45.3 Å². The van der Waals surface area contributed by atoms with Crippen molar-refractivity contribution in [3.8, 4) is 0 Å². The van der Waals surface area contributed by atoms with Crippen LogP contribution < -0.4 is 5.73 Å². The van der Waals surface area contributed by atoms with E-state index in [1.807, 2.05) is 18.2 Å². The van der Waals surface area contributed by atoms with Crippen LogP contribution in [0.2, 0.25) is 10.0 Å². The molecule has 1 aliphatic heterocycles. The minimum Gasteiger partial charge on any atom is -0.329 e. The van der Waals surface area contributed by atoms with E-state index < -0.39 is 0 Å². The van der Waals surface area contributed by atoms with Gasteiger partial charge in [-0.3, -0.25) is 4.90 Å². The zero-order valence-electron chi connectivity index (χ0n) is 12.9. The summed E-state index contributed by atoms with van der Waals surface area (Å²) >= 11 is 12.5. The van der Waals surface area contributed by atoms with Crippen molar-refractivity contribution in [3.05, 3.63) is 33.8 Å². The molecule has 0 aromatic heterocycles. The van der Waals surface area contributed by atoms with E-state index in [0.717, 1.165) is 31.7 Å². The van der Waals surface area contributed by atoms with Crippen LogP contribution in [0.15, 0.2) is 18.2 Å². The molecule has 0 radical (unpaired) electrons. The first-order valence-electron chi connectivity index (χ1n) is 7.63. The van der Waals surface area contributed by atoms with Crippen molar-refractivity contribution >= 4 is 23.2 Å². The summed E-state index contributed by atoms with van der Waals surface area (Å²) in [6, 6.07) is 5.95. The number of nitrogens with zero attached hydrogens (tertiary/aromatic N) is 2. The maximum Gasteiger partial charge on any atom is 0.0640 e. The van der Waals surface area contributed by atoms with E-state index in [-0.39, 0.29) is 6.04 Å². The van der Waals surface area contributed by atoms with Gasteiger partial charge >= 0.3 is 0 Å². The summed E-state index contributed by atoms with van der Waals surface area (Å²) in [6.45, 7) is 10.5. The molecule has 0 amide bonds. The second kappa shape index (κ2) is 7.80. The third-order valence-electron chi connectivity index (χ3n) is 4.03. The number of piperazine rings is 1. The molecule has 5 heteroatoms. The molecule has 1 aromatic rings. The summed E-state index contributed by atoms with van der Waals surface area (Å²) < 4.78 is 0. The van der Waals surface area contributed by atoms with Gasteiger partial charge in [0.05, 0.1) is 10.0 Å². The van der Waals surface area contributed by atoms with Crippen molar-refractivity contribution in [2.24, 2.45) is 11.7 Å². The molecule has 1 atom stereocenters. The molecule has 1 aliphatic rings. The van der Waals surface area contributed by atoms with E-state index in [2.05, 4.69) is 23.6 Å². The first-order chi connectivity index (χ1) is 10.0. The Morgan fingerprint density at radius 1 is 1.14 bits per heavy atom. The van der Waals surface area contributed by atoms with Gasteiger partial charge in [0.1, 0.15) is 0 Å². The Hall–Kier alpha value is -0.320. The molecule has 2 rings (SSSR count). The van der Waals surface area contributed by atoms with Gasteiger partial charge in [0.15, 0.2) is 0 Å². The lowest BCUT2D eigenvalue weighted by Gasteiger charge is -2.40. The molecular weight excluding hydrogens is 305 g/mol. The van der Waals surface area contributed by atoms with Crippen molar-refractivity contribution in [2.45, 2.75) is 19.9 Å². The van der Waals surface area contributed by atoms with Crippen molar-refractivity contribution in [1.29, 1.82) is 0 Å². The van der Waals surface area contributed by atoms with Crippen LogP contribution in [0, 0.1) is 5.92 Å².